The Morgan fingerprint density at radius 3 is 2.76 bits per heavy atom. The van der Waals surface area contributed by atoms with E-state index in [-0.39, 0.29) is 30.2 Å². The van der Waals surface area contributed by atoms with Gasteiger partial charge in [0.25, 0.3) is 0 Å². The number of amides is 1. The van der Waals surface area contributed by atoms with Gasteiger partial charge in [-0.3, -0.25) is 9.59 Å². The molecule has 6 nitrogen and oxygen atoms in total. The molecule has 0 saturated carbocycles. The van der Waals surface area contributed by atoms with E-state index >= 15 is 0 Å². The molecule has 1 amide bonds. The van der Waals surface area contributed by atoms with Crippen LogP contribution in [-0.2, 0) is 14.3 Å². The first kappa shape index (κ1) is 17.6. The summed E-state index contributed by atoms with van der Waals surface area (Å²) >= 11 is 1.36. The number of rotatable bonds is 4. The molecule has 2 heterocycles. The first-order valence-corrected chi connectivity index (χ1v) is 8.93. The van der Waals surface area contributed by atoms with Gasteiger partial charge in [0.1, 0.15) is 11.3 Å². The predicted molar refractivity (Wildman–Crippen MR) is 94.2 cm³/mol. The number of nitrogens with zero attached hydrogens (tertiary/aromatic N) is 3. The van der Waals surface area contributed by atoms with E-state index < -0.39 is 0 Å². The second kappa shape index (κ2) is 7.35. The number of piperidine rings is 1. The van der Waals surface area contributed by atoms with E-state index in [4.69, 9.17) is 4.74 Å². The monoisotopic (exact) mass is 365 g/mol. The van der Waals surface area contributed by atoms with Crippen molar-refractivity contribution in [1.29, 1.82) is 0 Å². The summed E-state index contributed by atoms with van der Waals surface area (Å²) in [5.74, 6) is -0.713. The second-order valence-electron chi connectivity index (χ2n) is 6.12. The average molecular weight is 365 g/mol. The van der Waals surface area contributed by atoms with Crippen LogP contribution in [0.3, 0.4) is 0 Å². The maximum Gasteiger partial charge on any atom is 0.308 e. The lowest BCUT2D eigenvalue weighted by atomic mass is 9.97. The number of aromatic nitrogens is 1. The molecule has 0 unspecified atom stereocenters. The minimum Gasteiger partial charge on any atom is -0.469 e. The Morgan fingerprint density at radius 1 is 1.40 bits per heavy atom. The van der Waals surface area contributed by atoms with Gasteiger partial charge in [0.2, 0.25) is 5.91 Å². The molecule has 1 aliphatic rings. The molecule has 0 spiro atoms. The Morgan fingerprint density at radius 2 is 2.12 bits per heavy atom. The van der Waals surface area contributed by atoms with Crippen molar-refractivity contribution in [2.45, 2.75) is 12.8 Å². The lowest BCUT2D eigenvalue weighted by Crippen LogP contribution is -2.44. The molecule has 1 aromatic heterocycles. The van der Waals surface area contributed by atoms with Crippen LogP contribution in [0.1, 0.15) is 12.8 Å². The van der Waals surface area contributed by atoms with Crippen molar-refractivity contribution in [3.63, 3.8) is 0 Å². The molecule has 0 atom stereocenters. The van der Waals surface area contributed by atoms with E-state index in [0.29, 0.717) is 36.6 Å². The molecule has 1 fully saturated rings. The maximum atomic E-state index is 13.8. The van der Waals surface area contributed by atoms with Gasteiger partial charge in [0.05, 0.1) is 24.3 Å². The molecule has 2 aromatic rings. The summed E-state index contributed by atoms with van der Waals surface area (Å²) in [6.07, 6.45) is 1.24. The molecule has 0 aliphatic carbocycles. The number of likely N-dealkylation sites (tertiary alicyclic amines) is 1. The van der Waals surface area contributed by atoms with Crippen molar-refractivity contribution < 1.29 is 18.7 Å². The Bertz CT molecular complexity index is 787. The Balaban J connectivity index is 1.60. The third-order valence-corrected chi connectivity index (χ3v) is 5.57. The zero-order chi connectivity index (χ0) is 18.0. The molecule has 134 valence electrons. The van der Waals surface area contributed by atoms with E-state index in [9.17, 15) is 14.0 Å². The zero-order valence-electron chi connectivity index (χ0n) is 14.2. The molecule has 3 rings (SSSR count). The van der Waals surface area contributed by atoms with Crippen LogP contribution in [-0.4, -0.2) is 55.6 Å². The summed E-state index contributed by atoms with van der Waals surface area (Å²) in [6, 6.07) is 4.84. The highest BCUT2D eigenvalue weighted by molar-refractivity contribution is 7.22. The smallest absolute Gasteiger partial charge is 0.308 e. The molecular weight excluding hydrogens is 345 g/mol. The van der Waals surface area contributed by atoms with Crippen molar-refractivity contribution in [1.82, 2.24) is 9.88 Å². The van der Waals surface area contributed by atoms with Crippen molar-refractivity contribution >= 4 is 38.6 Å². The van der Waals surface area contributed by atoms with Gasteiger partial charge in [-0.25, -0.2) is 9.37 Å². The largest absolute Gasteiger partial charge is 0.469 e. The number of esters is 1. The van der Waals surface area contributed by atoms with Crippen LogP contribution in [0.25, 0.3) is 10.2 Å². The maximum absolute atomic E-state index is 13.8. The number of carbonyl (C=O) groups excluding carboxylic acids is 2. The standard InChI is InChI=1S/C17H20FN3O3S/c1-20(17-19-15-12(18)4-3-5-13(15)25-17)10-14(22)21-8-6-11(7-9-21)16(23)24-2/h3-5,11H,6-10H2,1-2H3. The number of hydrogen-bond acceptors (Lipinski definition) is 6. The van der Waals surface area contributed by atoms with Crippen LogP contribution < -0.4 is 4.90 Å². The fraction of sp³-hybridized carbons (Fsp3) is 0.471. The third kappa shape index (κ3) is 3.73. The predicted octanol–water partition coefficient (Wildman–Crippen LogP) is 2.28. The number of thiazole rings is 1. The van der Waals surface area contributed by atoms with Gasteiger partial charge < -0.3 is 14.5 Å². The van der Waals surface area contributed by atoms with Crippen LogP contribution in [0, 0.1) is 11.7 Å². The van der Waals surface area contributed by atoms with Gasteiger partial charge >= 0.3 is 5.97 Å². The van der Waals surface area contributed by atoms with Gasteiger partial charge in [-0.05, 0) is 25.0 Å². The number of para-hydroxylation sites is 1. The van der Waals surface area contributed by atoms with E-state index in [1.807, 2.05) is 6.07 Å². The van der Waals surface area contributed by atoms with Gasteiger partial charge in [0, 0.05) is 20.1 Å². The molecule has 1 aliphatic heterocycles. The van der Waals surface area contributed by atoms with Gasteiger partial charge in [-0.2, -0.15) is 0 Å². The van der Waals surface area contributed by atoms with Crippen LogP contribution in [0.15, 0.2) is 18.2 Å². The molecule has 0 bridgehead atoms. The number of anilines is 1. The molecule has 8 heteroatoms. The minimum atomic E-state index is -0.357. The minimum absolute atomic E-state index is 0.0226. The molecular formula is C17H20FN3O3S. The lowest BCUT2D eigenvalue weighted by molar-refractivity contribution is -0.148. The van der Waals surface area contributed by atoms with E-state index in [1.165, 1.54) is 24.5 Å². The molecule has 0 N–H and O–H groups in total. The van der Waals surface area contributed by atoms with Gasteiger partial charge in [-0.15, -0.1) is 0 Å². The van der Waals surface area contributed by atoms with E-state index in [2.05, 4.69) is 4.98 Å². The third-order valence-electron chi connectivity index (χ3n) is 4.44. The molecule has 1 saturated heterocycles. The highest BCUT2D eigenvalue weighted by atomic mass is 32.1. The van der Waals surface area contributed by atoms with E-state index in [0.717, 1.165) is 4.70 Å². The summed E-state index contributed by atoms with van der Waals surface area (Å²) in [4.78, 5) is 31.8. The topological polar surface area (TPSA) is 62.7 Å². The number of methoxy groups -OCH3 is 1. The number of hydrogen-bond donors (Lipinski definition) is 0. The number of likely N-dealkylation sites (N-methyl/N-ethyl adjacent to an activating group) is 1. The Labute approximate surface area is 149 Å². The summed E-state index contributed by atoms with van der Waals surface area (Å²) in [6.45, 7) is 1.26. The first-order valence-electron chi connectivity index (χ1n) is 8.11. The van der Waals surface area contributed by atoms with Crippen molar-refractivity contribution in [3.8, 4) is 0 Å². The normalized spacial score (nSPS) is 15.4. The summed E-state index contributed by atoms with van der Waals surface area (Å²) < 4.78 is 19.3. The summed E-state index contributed by atoms with van der Waals surface area (Å²) in [7, 11) is 3.16. The molecule has 1 aromatic carbocycles. The number of carbonyl (C=O) groups is 2. The molecule has 25 heavy (non-hydrogen) atoms. The molecule has 0 radical (unpaired) electrons. The van der Waals surface area contributed by atoms with Gasteiger partial charge in [-0.1, -0.05) is 17.4 Å². The van der Waals surface area contributed by atoms with E-state index in [1.54, 1.807) is 22.9 Å². The fourth-order valence-electron chi connectivity index (χ4n) is 2.97. The van der Waals surface area contributed by atoms with Crippen molar-refractivity contribution in [2.24, 2.45) is 5.92 Å². The van der Waals surface area contributed by atoms with Crippen LogP contribution >= 0.6 is 11.3 Å². The number of benzene rings is 1. The fourth-order valence-corrected chi connectivity index (χ4v) is 3.91. The lowest BCUT2D eigenvalue weighted by Gasteiger charge is -2.31. The SMILES string of the molecule is COC(=O)C1CCN(C(=O)CN(C)c2nc3c(F)cccc3s2)CC1. The highest BCUT2D eigenvalue weighted by Crippen LogP contribution is 2.29. The summed E-state index contributed by atoms with van der Waals surface area (Å²) in [5.41, 5.74) is 0.334. The quantitative estimate of drug-likeness (QED) is 0.778. The summed E-state index contributed by atoms with van der Waals surface area (Å²) in [5, 5.41) is 0.609. The van der Waals surface area contributed by atoms with Crippen molar-refractivity contribution in [3.05, 3.63) is 24.0 Å². The zero-order valence-corrected chi connectivity index (χ0v) is 15.0. The highest BCUT2D eigenvalue weighted by Gasteiger charge is 2.28. The van der Waals surface area contributed by atoms with Crippen LogP contribution in [0.4, 0.5) is 9.52 Å². The first-order chi connectivity index (χ1) is 12.0. The Kier molecular flexibility index (Phi) is 5.17. The average Bonchev–Trinajstić information content (AvgIpc) is 3.07. The van der Waals surface area contributed by atoms with Crippen LogP contribution in [0.5, 0.6) is 0 Å². The second-order valence-corrected chi connectivity index (χ2v) is 7.13. The number of fused-ring (bicyclic) bond motifs is 1. The Hall–Kier alpha value is -2.22. The van der Waals surface area contributed by atoms with Crippen molar-refractivity contribution in [2.75, 3.05) is 38.7 Å². The number of halogens is 1. The van der Waals surface area contributed by atoms with Gasteiger partial charge in [0.15, 0.2) is 5.13 Å². The van der Waals surface area contributed by atoms with Crippen LogP contribution in [0.2, 0.25) is 0 Å². The number of ether oxygens (including phenoxy) is 1.